The Balaban J connectivity index is 2.01. The largest absolute Gasteiger partial charge is 0.508 e. The Morgan fingerprint density at radius 3 is 1.91 bits per heavy atom. The molecule has 1 fully saturated rings. The van der Waals surface area contributed by atoms with E-state index in [2.05, 4.69) is 27.7 Å². The zero-order valence-electron chi connectivity index (χ0n) is 14.7. The fourth-order valence-electron chi connectivity index (χ4n) is 3.18. The van der Waals surface area contributed by atoms with Crippen molar-refractivity contribution in [3.8, 4) is 11.5 Å². The first-order valence-corrected chi connectivity index (χ1v) is 8.73. The Kier molecular flexibility index (Phi) is 5.09. The van der Waals surface area contributed by atoms with Gasteiger partial charge in [-0.15, -0.1) is 0 Å². The molecule has 1 aromatic rings. The molecule has 2 N–H and O–H groups in total. The molecule has 0 radical (unpaired) electrons. The maximum atomic E-state index is 10.2. The van der Waals surface area contributed by atoms with Crippen molar-refractivity contribution in [1.29, 1.82) is 0 Å². The van der Waals surface area contributed by atoms with Crippen LogP contribution in [0.25, 0.3) is 0 Å². The van der Waals surface area contributed by atoms with Gasteiger partial charge in [-0.2, -0.15) is 0 Å². The number of rotatable bonds is 7. The summed E-state index contributed by atoms with van der Waals surface area (Å²) in [5, 5.41) is 20.4. The molecule has 0 spiro atoms. The summed E-state index contributed by atoms with van der Waals surface area (Å²) >= 11 is 0. The third-order valence-electron chi connectivity index (χ3n) is 5.05. The van der Waals surface area contributed by atoms with Crippen molar-refractivity contribution in [2.24, 2.45) is 10.8 Å². The molecule has 0 bridgehead atoms. The average Bonchev–Trinajstić information content (AvgIpc) is 3.13. The van der Waals surface area contributed by atoms with Crippen molar-refractivity contribution in [2.75, 3.05) is 0 Å². The van der Waals surface area contributed by atoms with E-state index >= 15 is 0 Å². The zero-order valence-corrected chi connectivity index (χ0v) is 14.7. The van der Waals surface area contributed by atoms with Gasteiger partial charge in [-0.25, -0.2) is 0 Å². The molecular weight excluding hydrogens is 272 g/mol. The topological polar surface area (TPSA) is 40.5 Å². The first-order valence-electron chi connectivity index (χ1n) is 8.73. The third-order valence-corrected chi connectivity index (χ3v) is 5.05. The third kappa shape index (κ3) is 4.93. The second-order valence-corrected chi connectivity index (χ2v) is 8.64. The lowest BCUT2D eigenvalue weighted by atomic mass is 9.87. The van der Waals surface area contributed by atoms with Gasteiger partial charge in [0.1, 0.15) is 11.5 Å². The van der Waals surface area contributed by atoms with E-state index < -0.39 is 0 Å². The molecule has 0 unspecified atom stereocenters. The number of phenolic OH excluding ortho intramolecular Hbond substituents is 2. The van der Waals surface area contributed by atoms with Crippen LogP contribution in [-0.2, 0) is 12.8 Å². The summed E-state index contributed by atoms with van der Waals surface area (Å²) in [7, 11) is 0. The Hall–Kier alpha value is -1.18. The van der Waals surface area contributed by atoms with E-state index in [-0.39, 0.29) is 0 Å². The minimum Gasteiger partial charge on any atom is -0.508 e. The summed E-state index contributed by atoms with van der Waals surface area (Å²) in [6.45, 7) is 9.07. The van der Waals surface area contributed by atoms with Gasteiger partial charge in [-0.3, -0.25) is 0 Å². The van der Waals surface area contributed by atoms with E-state index in [0.717, 1.165) is 43.2 Å². The number of hydrogen-bond donors (Lipinski definition) is 2. The van der Waals surface area contributed by atoms with Gasteiger partial charge in [-0.05, 0) is 74.3 Å². The monoisotopic (exact) mass is 304 g/mol. The maximum Gasteiger partial charge on any atom is 0.119 e. The fourth-order valence-corrected chi connectivity index (χ4v) is 3.18. The van der Waals surface area contributed by atoms with Gasteiger partial charge in [0.25, 0.3) is 0 Å². The molecule has 0 aromatic heterocycles. The first-order chi connectivity index (χ1) is 10.2. The number of aromatic hydroxyl groups is 2. The van der Waals surface area contributed by atoms with Crippen LogP contribution in [0.4, 0.5) is 0 Å². The molecular formula is C20H32O2. The molecule has 124 valence electrons. The van der Waals surface area contributed by atoms with Crippen molar-refractivity contribution in [3.63, 3.8) is 0 Å². The van der Waals surface area contributed by atoms with E-state index in [1.54, 1.807) is 12.1 Å². The highest BCUT2D eigenvalue weighted by Crippen LogP contribution is 2.49. The standard InChI is InChI=1S/C20H32O2/c1-19(2,3)11-5-7-15-16(18(22)10-9-17(15)21)8-6-12-20(4)13-14-20/h9-10,21-22H,5-8,11-14H2,1-4H3. The minimum atomic E-state index is 0.313. The molecule has 22 heavy (non-hydrogen) atoms. The second-order valence-electron chi connectivity index (χ2n) is 8.64. The zero-order chi connectivity index (χ0) is 16.4. The highest BCUT2D eigenvalue weighted by molar-refractivity contribution is 5.47. The molecule has 1 saturated carbocycles. The van der Waals surface area contributed by atoms with Crippen molar-refractivity contribution in [3.05, 3.63) is 23.3 Å². The minimum absolute atomic E-state index is 0.313. The summed E-state index contributed by atoms with van der Waals surface area (Å²) < 4.78 is 0. The van der Waals surface area contributed by atoms with Gasteiger partial charge >= 0.3 is 0 Å². The molecule has 0 aliphatic heterocycles. The van der Waals surface area contributed by atoms with Gasteiger partial charge in [-0.1, -0.05) is 27.7 Å². The highest BCUT2D eigenvalue weighted by atomic mass is 16.3. The molecule has 0 heterocycles. The molecule has 2 rings (SSSR count). The van der Waals surface area contributed by atoms with Gasteiger partial charge in [0, 0.05) is 11.1 Å². The quantitative estimate of drug-likeness (QED) is 0.645. The molecule has 1 aliphatic rings. The van der Waals surface area contributed by atoms with Crippen LogP contribution in [0.5, 0.6) is 11.5 Å². The van der Waals surface area contributed by atoms with Crippen LogP contribution in [0.3, 0.4) is 0 Å². The summed E-state index contributed by atoms with van der Waals surface area (Å²) in [6, 6.07) is 3.27. The first kappa shape index (κ1) is 17.2. The highest BCUT2D eigenvalue weighted by Gasteiger charge is 2.36. The van der Waals surface area contributed by atoms with Crippen LogP contribution in [-0.4, -0.2) is 10.2 Å². The van der Waals surface area contributed by atoms with E-state index in [9.17, 15) is 10.2 Å². The van der Waals surface area contributed by atoms with Crippen molar-refractivity contribution < 1.29 is 10.2 Å². The van der Waals surface area contributed by atoms with Crippen molar-refractivity contribution >= 4 is 0 Å². The maximum absolute atomic E-state index is 10.2. The molecule has 0 saturated heterocycles. The van der Waals surface area contributed by atoms with E-state index in [1.807, 2.05) is 0 Å². The van der Waals surface area contributed by atoms with Crippen LogP contribution in [0.1, 0.15) is 77.3 Å². The number of benzene rings is 1. The van der Waals surface area contributed by atoms with Crippen LogP contribution < -0.4 is 0 Å². The van der Waals surface area contributed by atoms with Gasteiger partial charge in [0.05, 0.1) is 0 Å². The Bertz CT molecular complexity index is 471. The lowest BCUT2D eigenvalue weighted by Gasteiger charge is -2.19. The van der Waals surface area contributed by atoms with E-state index in [4.69, 9.17) is 0 Å². The van der Waals surface area contributed by atoms with Crippen molar-refractivity contribution in [1.82, 2.24) is 0 Å². The normalized spacial score (nSPS) is 16.7. The molecule has 1 aliphatic carbocycles. The van der Waals surface area contributed by atoms with Gasteiger partial charge < -0.3 is 10.2 Å². The summed E-state index contributed by atoms with van der Waals surface area (Å²) in [4.78, 5) is 0. The van der Waals surface area contributed by atoms with E-state index in [1.165, 1.54) is 19.3 Å². The molecule has 1 aromatic carbocycles. The summed E-state index contributed by atoms with van der Waals surface area (Å²) in [5.74, 6) is 0.698. The second kappa shape index (κ2) is 6.52. The summed E-state index contributed by atoms with van der Waals surface area (Å²) in [5.41, 5.74) is 2.80. The van der Waals surface area contributed by atoms with Crippen molar-refractivity contribution in [2.45, 2.75) is 79.1 Å². The predicted molar refractivity (Wildman–Crippen MR) is 92.4 cm³/mol. The smallest absolute Gasteiger partial charge is 0.119 e. The van der Waals surface area contributed by atoms with Gasteiger partial charge in [0.2, 0.25) is 0 Å². The van der Waals surface area contributed by atoms with Gasteiger partial charge in [0.15, 0.2) is 0 Å². The molecule has 2 heteroatoms. The number of hydrogen-bond acceptors (Lipinski definition) is 2. The predicted octanol–water partition coefficient (Wildman–Crippen LogP) is 5.59. The van der Waals surface area contributed by atoms with Crippen LogP contribution in [0.2, 0.25) is 0 Å². The Labute approximate surface area is 135 Å². The fraction of sp³-hybridized carbons (Fsp3) is 0.700. The molecule has 0 atom stereocenters. The summed E-state index contributed by atoms with van der Waals surface area (Å²) in [6.07, 6.45) is 8.91. The lowest BCUT2D eigenvalue weighted by Crippen LogP contribution is -2.06. The van der Waals surface area contributed by atoms with Crippen LogP contribution in [0.15, 0.2) is 12.1 Å². The number of phenols is 2. The lowest BCUT2D eigenvalue weighted by molar-refractivity contribution is 0.363. The molecule has 0 amide bonds. The average molecular weight is 304 g/mol. The van der Waals surface area contributed by atoms with E-state index in [0.29, 0.717) is 22.3 Å². The Morgan fingerprint density at radius 1 is 0.955 bits per heavy atom. The van der Waals surface area contributed by atoms with Crippen LogP contribution >= 0.6 is 0 Å². The SMILES string of the molecule is CC(C)(C)CCCc1c(O)ccc(O)c1CCCC1(C)CC1. The Morgan fingerprint density at radius 2 is 1.45 bits per heavy atom. The molecule has 2 nitrogen and oxygen atoms in total. The van der Waals surface area contributed by atoms with Crippen LogP contribution in [0, 0.1) is 10.8 Å².